The quantitative estimate of drug-likeness (QED) is 0.619. The highest BCUT2D eigenvalue weighted by Gasteiger charge is 2.31. The van der Waals surface area contributed by atoms with Gasteiger partial charge < -0.3 is 15.7 Å². The van der Waals surface area contributed by atoms with Gasteiger partial charge in [0.2, 0.25) is 5.91 Å². The summed E-state index contributed by atoms with van der Waals surface area (Å²) in [6.45, 7) is 5.57. The van der Waals surface area contributed by atoms with Gasteiger partial charge >= 0.3 is 12.0 Å². The second-order valence-electron chi connectivity index (χ2n) is 8.18. The monoisotopic (exact) mass is 436 g/mol. The molecular formula is C24H28N4O4. The van der Waals surface area contributed by atoms with Crippen molar-refractivity contribution in [2.24, 2.45) is 10.9 Å². The van der Waals surface area contributed by atoms with E-state index in [-0.39, 0.29) is 12.3 Å². The highest BCUT2D eigenvalue weighted by atomic mass is 16.4. The minimum absolute atomic E-state index is 0.228. The van der Waals surface area contributed by atoms with Crippen molar-refractivity contribution in [2.75, 3.05) is 11.4 Å². The first kappa shape index (κ1) is 23.0. The lowest BCUT2D eigenvalue weighted by Gasteiger charge is -2.30. The van der Waals surface area contributed by atoms with E-state index in [2.05, 4.69) is 15.6 Å². The van der Waals surface area contributed by atoms with Crippen LogP contribution in [0.5, 0.6) is 0 Å². The van der Waals surface area contributed by atoms with Crippen LogP contribution in [0.4, 0.5) is 16.2 Å². The maximum absolute atomic E-state index is 13.2. The lowest BCUT2D eigenvalue weighted by molar-refractivity contribution is -0.143. The molecule has 3 N–H and O–H groups in total. The molecule has 0 fully saturated rings. The van der Waals surface area contributed by atoms with Crippen molar-refractivity contribution >= 4 is 35.0 Å². The Balaban J connectivity index is 1.83. The summed E-state index contributed by atoms with van der Waals surface area (Å²) in [7, 11) is 0. The smallest absolute Gasteiger partial charge is 0.326 e. The van der Waals surface area contributed by atoms with E-state index in [0.717, 1.165) is 11.3 Å². The molecule has 0 saturated carbocycles. The molecule has 0 bridgehead atoms. The number of carbonyl (C=O) groups excluding carboxylic acids is 2. The van der Waals surface area contributed by atoms with Crippen molar-refractivity contribution in [3.63, 3.8) is 0 Å². The molecule has 8 nitrogen and oxygen atoms in total. The first-order chi connectivity index (χ1) is 15.3. The number of rotatable bonds is 7. The number of hydrogen-bond donors (Lipinski definition) is 3. The zero-order valence-electron chi connectivity index (χ0n) is 18.4. The lowest BCUT2D eigenvalue weighted by Crippen LogP contribution is -2.56. The molecule has 0 saturated heterocycles. The number of hydrogen-bond acceptors (Lipinski definition) is 4. The minimum Gasteiger partial charge on any atom is -0.480 e. The molecule has 3 rings (SSSR count). The van der Waals surface area contributed by atoms with Gasteiger partial charge in [0.05, 0.1) is 17.9 Å². The van der Waals surface area contributed by atoms with Crippen molar-refractivity contribution in [1.82, 2.24) is 10.6 Å². The number of nitrogens with zero attached hydrogens (tertiary/aromatic N) is 2. The molecule has 1 heterocycles. The van der Waals surface area contributed by atoms with Gasteiger partial charge in [-0.3, -0.25) is 14.7 Å². The maximum atomic E-state index is 13.2. The van der Waals surface area contributed by atoms with Gasteiger partial charge in [-0.15, -0.1) is 0 Å². The van der Waals surface area contributed by atoms with E-state index in [9.17, 15) is 19.5 Å². The third-order valence-electron chi connectivity index (χ3n) is 5.24. The number of aliphatic imine (C=N–C) groups is 1. The fraction of sp³-hybridized carbons (Fsp3) is 0.333. The van der Waals surface area contributed by atoms with Gasteiger partial charge in [-0.05, 0) is 30.5 Å². The second-order valence-corrected chi connectivity index (χ2v) is 8.18. The average molecular weight is 437 g/mol. The number of amides is 3. The Morgan fingerprint density at radius 2 is 1.69 bits per heavy atom. The zero-order chi connectivity index (χ0) is 23.3. The molecule has 8 heteroatoms. The van der Waals surface area contributed by atoms with E-state index in [4.69, 9.17) is 0 Å². The van der Waals surface area contributed by atoms with Crippen LogP contribution in [0, 0.1) is 5.92 Å². The average Bonchev–Trinajstić information content (AvgIpc) is 2.76. The predicted molar refractivity (Wildman–Crippen MR) is 123 cm³/mol. The highest BCUT2D eigenvalue weighted by molar-refractivity contribution is 6.06. The van der Waals surface area contributed by atoms with Gasteiger partial charge in [-0.2, -0.15) is 0 Å². The van der Waals surface area contributed by atoms with Gasteiger partial charge in [-0.1, -0.05) is 56.3 Å². The molecule has 3 amide bonds. The number of para-hydroxylation sites is 2. The molecule has 1 aliphatic rings. The molecule has 1 aliphatic heterocycles. The fourth-order valence-corrected chi connectivity index (χ4v) is 3.58. The van der Waals surface area contributed by atoms with E-state index < -0.39 is 30.0 Å². The van der Waals surface area contributed by atoms with Gasteiger partial charge in [0.25, 0.3) is 0 Å². The summed E-state index contributed by atoms with van der Waals surface area (Å²) >= 11 is 0. The zero-order valence-corrected chi connectivity index (χ0v) is 18.4. The second kappa shape index (κ2) is 10.1. The van der Waals surface area contributed by atoms with Gasteiger partial charge in [-0.25, -0.2) is 9.59 Å². The highest BCUT2D eigenvalue weighted by Crippen LogP contribution is 2.31. The fourth-order valence-electron chi connectivity index (χ4n) is 3.58. The van der Waals surface area contributed by atoms with Crippen molar-refractivity contribution in [3.05, 3.63) is 60.2 Å². The van der Waals surface area contributed by atoms with E-state index in [1.165, 1.54) is 0 Å². The molecule has 168 valence electrons. The van der Waals surface area contributed by atoms with Crippen LogP contribution in [0.15, 0.2) is 59.6 Å². The normalized spacial score (nSPS) is 14.8. The van der Waals surface area contributed by atoms with Crippen LogP contribution in [0.2, 0.25) is 0 Å². The van der Waals surface area contributed by atoms with E-state index in [1.807, 2.05) is 55.5 Å². The van der Waals surface area contributed by atoms with Crippen molar-refractivity contribution in [1.29, 1.82) is 0 Å². The Kier molecular flexibility index (Phi) is 7.25. The predicted octanol–water partition coefficient (Wildman–Crippen LogP) is 3.15. The number of benzene rings is 2. The third-order valence-corrected chi connectivity index (χ3v) is 5.24. The van der Waals surface area contributed by atoms with Crippen LogP contribution in [-0.2, 0) is 16.0 Å². The number of anilines is 1. The van der Waals surface area contributed by atoms with Crippen LogP contribution in [0.1, 0.15) is 26.3 Å². The summed E-state index contributed by atoms with van der Waals surface area (Å²) in [5.74, 6) is -1.97. The Morgan fingerprint density at radius 3 is 2.34 bits per heavy atom. The van der Waals surface area contributed by atoms with Crippen LogP contribution >= 0.6 is 0 Å². The Morgan fingerprint density at radius 1 is 1.03 bits per heavy atom. The summed E-state index contributed by atoms with van der Waals surface area (Å²) in [6, 6.07) is 14.1. The van der Waals surface area contributed by atoms with E-state index in [0.29, 0.717) is 17.9 Å². The van der Waals surface area contributed by atoms with Crippen molar-refractivity contribution in [2.45, 2.75) is 39.3 Å². The summed E-state index contributed by atoms with van der Waals surface area (Å²) in [5.41, 5.74) is 2.95. The number of carboxylic acids is 1. The molecule has 2 aromatic rings. The molecule has 0 aromatic heterocycles. The lowest BCUT2D eigenvalue weighted by atomic mass is 10.0. The molecule has 2 aromatic carbocycles. The molecule has 0 unspecified atom stereocenters. The number of carboxylic acid groups (broad SMARTS) is 1. The van der Waals surface area contributed by atoms with E-state index in [1.54, 1.807) is 24.8 Å². The first-order valence-corrected chi connectivity index (χ1v) is 10.5. The van der Waals surface area contributed by atoms with Gasteiger partial charge in [0, 0.05) is 12.1 Å². The van der Waals surface area contributed by atoms with Crippen LogP contribution in [-0.4, -0.2) is 47.4 Å². The first-order valence-electron chi connectivity index (χ1n) is 10.5. The third kappa shape index (κ3) is 5.51. The van der Waals surface area contributed by atoms with Crippen LogP contribution in [0.3, 0.4) is 0 Å². The molecule has 2 atom stereocenters. The Bertz CT molecular complexity index is 1020. The number of urea groups is 1. The SMILES string of the molecule is CC1=Nc2ccccc2N(C(=O)N[C@@H](Cc2ccccc2)C(=O)N[C@H](C(=O)O)C(C)C)C1. The van der Waals surface area contributed by atoms with Gasteiger partial charge in [0.15, 0.2) is 0 Å². The number of carbonyl (C=O) groups is 3. The summed E-state index contributed by atoms with van der Waals surface area (Å²) in [4.78, 5) is 43.9. The molecule has 32 heavy (non-hydrogen) atoms. The summed E-state index contributed by atoms with van der Waals surface area (Å²) in [5, 5.41) is 14.8. The Labute approximate surface area is 187 Å². The summed E-state index contributed by atoms with van der Waals surface area (Å²) in [6.07, 6.45) is 0.228. The number of aliphatic carboxylic acids is 1. The number of fused-ring (bicyclic) bond motifs is 1. The maximum Gasteiger partial charge on any atom is 0.326 e. The van der Waals surface area contributed by atoms with Gasteiger partial charge in [0.1, 0.15) is 12.1 Å². The standard InChI is InChI=1S/C24H28N4O4/c1-15(2)21(23(30)31)27-22(29)19(13-17-9-5-4-6-10-17)26-24(32)28-14-16(3)25-18-11-7-8-12-20(18)28/h4-12,15,19,21H,13-14H2,1-3H3,(H,26,32)(H,27,29)(H,30,31)/t19-,21-/m0/s1. The topological polar surface area (TPSA) is 111 Å². The van der Waals surface area contributed by atoms with Crippen LogP contribution in [0.25, 0.3) is 0 Å². The summed E-state index contributed by atoms with van der Waals surface area (Å²) < 4.78 is 0. The molecular weight excluding hydrogens is 408 g/mol. The van der Waals surface area contributed by atoms with Crippen molar-refractivity contribution < 1.29 is 19.5 Å². The Hall–Kier alpha value is -3.68. The van der Waals surface area contributed by atoms with E-state index >= 15 is 0 Å². The van der Waals surface area contributed by atoms with Crippen molar-refractivity contribution in [3.8, 4) is 0 Å². The van der Waals surface area contributed by atoms with Crippen LogP contribution < -0.4 is 15.5 Å². The minimum atomic E-state index is -1.12. The molecule has 0 spiro atoms. The largest absolute Gasteiger partial charge is 0.480 e. The molecule has 0 radical (unpaired) electrons. The molecule has 0 aliphatic carbocycles. The number of nitrogens with one attached hydrogen (secondary N) is 2.